The fourth-order valence-electron chi connectivity index (χ4n) is 5.29. The lowest BCUT2D eigenvalue weighted by Crippen LogP contribution is -2.49. The Labute approximate surface area is 220 Å². The third kappa shape index (κ3) is 8.18. The molecule has 1 aromatic heterocycles. The number of carbonyl (C=O) groups excluding carboxylic acids is 2. The molecule has 0 unspecified atom stereocenters. The Morgan fingerprint density at radius 2 is 1.97 bits per heavy atom. The van der Waals surface area contributed by atoms with Gasteiger partial charge in [0, 0.05) is 62.7 Å². The molecule has 2 fully saturated rings. The molecule has 4 rings (SSSR count). The summed E-state index contributed by atoms with van der Waals surface area (Å²) >= 11 is 0. The topological polar surface area (TPSA) is 99.3 Å². The van der Waals surface area contributed by atoms with Gasteiger partial charge < -0.3 is 25.3 Å². The Balaban J connectivity index is 1.35. The van der Waals surface area contributed by atoms with E-state index in [0.717, 1.165) is 50.0 Å². The first-order valence-corrected chi connectivity index (χ1v) is 13.6. The van der Waals surface area contributed by atoms with Gasteiger partial charge in [-0.15, -0.1) is 0 Å². The van der Waals surface area contributed by atoms with Crippen molar-refractivity contribution in [2.45, 2.75) is 76.9 Å². The van der Waals surface area contributed by atoms with Gasteiger partial charge in [0.25, 0.3) is 0 Å². The van der Waals surface area contributed by atoms with Crippen LogP contribution in [0.4, 0.5) is 0 Å². The minimum absolute atomic E-state index is 0.0883. The molecule has 8 heteroatoms. The molecule has 2 atom stereocenters. The Morgan fingerprint density at radius 3 is 2.73 bits per heavy atom. The number of H-pyrrole nitrogens is 1. The summed E-state index contributed by atoms with van der Waals surface area (Å²) in [7, 11) is 0. The van der Waals surface area contributed by atoms with Crippen molar-refractivity contribution in [2.24, 2.45) is 5.92 Å². The summed E-state index contributed by atoms with van der Waals surface area (Å²) in [4.78, 5) is 36.2. The number of piperidine rings is 1. The highest BCUT2D eigenvalue weighted by atomic mass is 16.5. The van der Waals surface area contributed by atoms with Crippen LogP contribution in [-0.2, 0) is 27.3 Å². The molecule has 2 amide bonds. The molecule has 2 saturated heterocycles. The van der Waals surface area contributed by atoms with E-state index in [-0.39, 0.29) is 18.4 Å². The zero-order chi connectivity index (χ0) is 26.0. The SMILES string of the molecule is C=C(C[C@H](NC(=O)CC1CCOCC1)C(=O)NCc1ncc(Cc2ccccc2)[nH]1)N1CCCC[C@@H]1C. The number of aromatic nitrogens is 2. The standard InChI is InChI=1S/C29H41N5O3/c1-21-8-6-7-13-34(21)22(2)16-26(33-28(35)18-24-11-14-37-15-12-24)29(36)31-20-27-30-19-25(32-27)17-23-9-4-3-5-10-23/h3-5,9-10,19,21,24,26H,2,6-8,11-18,20H2,1H3,(H,30,32)(H,31,36)(H,33,35)/t21-,26-/m0/s1. The van der Waals surface area contributed by atoms with Crippen LogP contribution in [0.3, 0.4) is 0 Å². The number of carbonyl (C=O) groups is 2. The highest BCUT2D eigenvalue weighted by Crippen LogP contribution is 2.23. The number of amides is 2. The number of nitrogens with zero attached hydrogens (tertiary/aromatic N) is 2. The van der Waals surface area contributed by atoms with Crippen LogP contribution in [0.1, 0.15) is 69.0 Å². The van der Waals surface area contributed by atoms with Crippen molar-refractivity contribution in [3.05, 3.63) is 65.9 Å². The second-order valence-electron chi connectivity index (χ2n) is 10.4. The monoisotopic (exact) mass is 507 g/mol. The van der Waals surface area contributed by atoms with E-state index in [9.17, 15) is 9.59 Å². The predicted octanol–water partition coefficient (Wildman–Crippen LogP) is 3.70. The van der Waals surface area contributed by atoms with Gasteiger partial charge in [0.15, 0.2) is 0 Å². The van der Waals surface area contributed by atoms with E-state index in [4.69, 9.17) is 4.74 Å². The van der Waals surface area contributed by atoms with Crippen molar-refractivity contribution >= 4 is 11.8 Å². The van der Waals surface area contributed by atoms with Gasteiger partial charge in [-0.2, -0.15) is 0 Å². The van der Waals surface area contributed by atoms with Gasteiger partial charge in [-0.3, -0.25) is 9.59 Å². The van der Waals surface area contributed by atoms with Gasteiger partial charge in [0.2, 0.25) is 11.8 Å². The summed E-state index contributed by atoms with van der Waals surface area (Å²) < 4.78 is 5.42. The molecule has 0 aliphatic carbocycles. The number of hydrogen-bond acceptors (Lipinski definition) is 5. The highest BCUT2D eigenvalue weighted by Gasteiger charge is 2.27. The predicted molar refractivity (Wildman–Crippen MR) is 144 cm³/mol. The lowest BCUT2D eigenvalue weighted by Gasteiger charge is -2.37. The minimum atomic E-state index is -0.673. The van der Waals surface area contributed by atoms with Gasteiger partial charge in [0.1, 0.15) is 11.9 Å². The van der Waals surface area contributed by atoms with Gasteiger partial charge in [-0.1, -0.05) is 36.9 Å². The summed E-state index contributed by atoms with van der Waals surface area (Å²) in [5.41, 5.74) is 3.09. The van der Waals surface area contributed by atoms with Crippen molar-refractivity contribution in [3.63, 3.8) is 0 Å². The van der Waals surface area contributed by atoms with E-state index in [1.165, 1.54) is 12.0 Å². The summed E-state index contributed by atoms with van der Waals surface area (Å²) in [6, 6.07) is 9.90. The van der Waals surface area contributed by atoms with Gasteiger partial charge in [-0.25, -0.2) is 4.98 Å². The van der Waals surface area contributed by atoms with Crippen molar-refractivity contribution in [1.82, 2.24) is 25.5 Å². The van der Waals surface area contributed by atoms with E-state index in [1.54, 1.807) is 6.20 Å². The summed E-state index contributed by atoms with van der Waals surface area (Å²) in [5, 5.41) is 5.99. The Kier molecular flexibility index (Phi) is 9.77. The van der Waals surface area contributed by atoms with E-state index < -0.39 is 6.04 Å². The molecule has 8 nitrogen and oxygen atoms in total. The van der Waals surface area contributed by atoms with Crippen LogP contribution in [0.5, 0.6) is 0 Å². The number of hydrogen-bond donors (Lipinski definition) is 3. The van der Waals surface area contributed by atoms with Crippen LogP contribution in [0.15, 0.2) is 48.8 Å². The number of rotatable bonds is 11. The van der Waals surface area contributed by atoms with E-state index in [0.29, 0.717) is 43.8 Å². The van der Waals surface area contributed by atoms with E-state index in [1.807, 2.05) is 18.2 Å². The number of imidazole rings is 1. The zero-order valence-corrected chi connectivity index (χ0v) is 22.0. The molecule has 0 spiro atoms. The van der Waals surface area contributed by atoms with Crippen molar-refractivity contribution < 1.29 is 14.3 Å². The fraction of sp³-hybridized carbons (Fsp3) is 0.552. The lowest BCUT2D eigenvalue weighted by molar-refractivity contribution is -0.130. The smallest absolute Gasteiger partial charge is 0.243 e. The minimum Gasteiger partial charge on any atom is -0.381 e. The van der Waals surface area contributed by atoms with Crippen LogP contribution in [-0.4, -0.2) is 58.5 Å². The molecular formula is C29H41N5O3. The maximum atomic E-state index is 13.3. The number of benzene rings is 1. The number of nitrogens with one attached hydrogen (secondary N) is 3. The van der Waals surface area contributed by atoms with Gasteiger partial charge in [0.05, 0.1) is 6.54 Å². The van der Waals surface area contributed by atoms with E-state index in [2.05, 4.69) is 51.1 Å². The molecule has 3 heterocycles. The number of ether oxygens (including phenoxy) is 1. The summed E-state index contributed by atoms with van der Waals surface area (Å²) in [5.74, 6) is 0.686. The van der Waals surface area contributed by atoms with Crippen molar-refractivity contribution in [3.8, 4) is 0 Å². The highest BCUT2D eigenvalue weighted by molar-refractivity contribution is 5.87. The molecule has 2 aliphatic heterocycles. The molecule has 0 bridgehead atoms. The number of aromatic amines is 1. The molecular weight excluding hydrogens is 466 g/mol. The van der Waals surface area contributed by atoms with Crippen LogP contribution in [0.2, 0.25) is 0 Å². The maximum Gasteiger partial charge on any atom is 0.243 e. The maximum absolute atomic E-state index is 13.3. The average molecular weight is 508 g/mol. The third-order valence-corrected chi connectivity index (χ3v) is 7.46. The first kappa shape index (κ1) is 26.9. The van der Waals surface area contributed by atoms with Crippen molar-refractivity contribution in [2.75, 3.05) is 19.8 Å². The lowest BCUT2D eigenvalue weighted by atomic mass is 9.96. The largest absolute Gasteiger partial charge is 0.381 e. The molecule has 2 aromatic rings. The Hall–Kier alpha value is -3.13. The molecule has 2 aliphatic rings. The normalized spacial score (nSPS) is 19.3. The van der Waals surface area contributed by atoms with Crippen LogP contribution >= 0.6 is 0 Å². The van der Waals surface area contributed by atoms with Gasteiger partial charge >= 0.3 is 0 Å². The molecule has 37 heavy (non-hydrogen) atoms. The third-order valence-electron chi connectivity index (χ3n) is 7.46. The Bertz CT molecular complexity index is 1030. The zero-order valence-electron chi connectivity index (χ0n) is 22.0. The average Bonchev–Trinajstić information content (AvgIpc) is 3.35. The molecule has 0 radical (unpaired) electrons. The van der Waals surface area contributed by atoms with Gasteiger partial charge in [-0.05, 0) is 50.5 Å². The van der Waals surface area contributed by atoms with Crippen LogP contribution in [0, 0.1) is 5.92 Å². The van der Waals surface area contributed by atoms with Crippen LogP contribution < -0.4 is 10.6 Å². The second kappa shape index (κ2) is 13.4. The molecule has 200 valence electrons. The van der Waals surface area contributed by atoms with E-state index >= 15 is 0 Å². The quantitative estimate of drug-likeness (QED) is 0.431. The summed E-state index contributed by atoms with van der Waals surface area (Å²) in [6.07, 6.45) is 8.59. The fourth-order valence-corrected chi connectivity index (χ4v) is 5.29. The first-order chi connectivity index (χ1) is 18.0. The van der Waals surface area contributed by atoms with Crippen LogP contribution in [0.25, 0.3) is 0 Å². The van der Waals surface area contributed by atoms with Crippen molar-refractivity contribution in [1.29, 1.82) is 0 Å². The Morgan fingerprint density at radius 1 is 1.19 bits per heavy atom. The first-order valence-electron chi connectivity index (χ1n) is 13.6. The molecule has 0 saturated carbocycles. The molecule has 1 aromatic carbocycles. The summed E-state index contributed by atoms with van der Waals surface area (Å²) in [6.45, 7) is 9.10. The number of likely N-dealkylation sites (tertiary alicyclic amines) is 1. The second-order valence-corrected chi connectivity index (χ2v) is 10.4. The molecule has 3 N–H and O–H groups in total.